The van der Waals surface area contributed by atoms with Crippen LogP contribution in [0.5, 0.6) is 0 Å². The van der Waals surface area contributed by atoms with E-state index in [1.54, 1.807) is 18.2 Å². The number of aliphatic hydroxyl groups excluding tert-OH is 1. The molecule has 5 heteroatoms. The first-order chi connectivity index (χ1) is 6.65. The van der Waals surface area contributed by atoms with E-state index >= 15 is 0 Å². The highest BCUT2D eigenvalue weighted by atomic mass is 35.5. The molecule has 0 saturated carbocycles. The number of carbonyl (C=O) groups is 1. The Labute approximate surface area is 94.1 Å². The van der Waals surface area contributed by atoms with Crippen LogP contribution in [0.3, 0.4) is 0 Å². The predicted molar refractivity (Wildman–Crippen MR) is 59.4 cm³/mol. The Hall–Kier alpha value is -1.10. The third kappa shape index (κ3) is 3.87. The molecule has 0 aliphatic carbocycles. The van der Waals surface area contributed by atoms with E-state index in [1.165, 1.54) is 6.07 Å². The highest BCUT2D eigenvalue weighted by Crippen LogP contribution is 2.10. The van der Waals surface area contributed by atoms with E-state index in [4.69, 9.17) is 15.9 Å². The Morgan fingerprint density at radius 2 is 2.00 bits per heavy atom. The zero-order chi connectivity index (χ0) is 10.6. The minimum absolute atomic E-state index is 0. The molecule has 15 heavy (non-hydrogen) atoms. The van der Waals surface area contributed by atoms with E-state index < -0.39 is 12.0 Å². The van der Waals surface area contributed by atoms with Crippen molar-refractivity contribution in [1.82, 2.24) is 0 Å². The molecule has 0 saturated heterocycles. The third-order valence-corrected chi connectivity index (χ3v) is 1.96. The highest BCUT2D eigenvalue weighted by molar-refractivity contribution is 5.89. The molecule has 1 unspecified atom stereocenters. The summed E-state index contributed by atoms with van der Waals surface area (Å²) in [7, 11) is 0. The van der Waals surface area contributed by atoms with E-state index in [1.807, 2.05) is 0 Å². The normalized spacial score (nSPS) is 11.6. The molecule has 1 rings (SSSR count). The molecule has 1 atom stereocenters. The molecule has 4 N–H and O–H groups in total. The zero-order valence-electron chi connectivity index (χ0n) is 8.09. The van der Waals surface area contributed by atoms with Gasteiger partial charge in [0.25, 0.3) is 0 Å². The van der Waals surface area contributed by atoms with Gasteiger partial charge in [-0.05, 0) is 18.1 Å². The summed E-state index contributed by atoms with van der Waals surface area (Å²) in [6, 6.07) is 6.25. The number of hydrogen-bond donors (Lipinski definition) is 3. The first-order valence-electron chi connectivity index (χ1n) is 4.32. The fraction of sp³-hybridized carbons (Fsp3) is 0.300. The number of carboxylic acid groups (broad SMARTS) is 1. The van der Waals surface area contributed by atoms with Gasteiger partial charge in [-0.2, -0.15) is 0 Å². The van der Waals surface area contributed by atoms with E-state index in [-0.39, 0.29) is 24.6 Å². The summed E-state index contributed by atoms with van der Waals surface area (Å²) in [5.41, 5.74) is 6.43. The van der Waals surface area contributed by atoms with Crippen LogP contribution in [0, 0.1) is 0 Å². The number of rotatable bonds is 4. The number of halogens is 1. The molecule has 0 aromatic heterocycles. The first kappa shape index (κ1) is 13.9. The second-order valence-electron chi connectivity index (χ2n) is 3.11. The summed E-state index contributed by atoms with van der Waals surface area (Å²) in [6.07, 6.45) is 0.374. The van der Waals surface area contributed by atoms with Crippen molar-refractivity contribution in [2.45, 2.75) is 12.5 Å². The average Bonchev–Trinajstić information content (AvgIpc) is 2.18. The largest absolute Gasteiger partial charge is 0.478 e. The van der Waals surface area contributed by atoms with Crippen molar-refractivity contribution in [3.63, 3.8) is 0 Å². The molecule has 0 spiro atoms. The fourth-order valence-corrected chi connectivity index (χ4v) is 1.25. The maximum absolute atomic E-state index is 10.8. The van der Waals surface area contributed by atoms with Gasteiger partial charge in [0.2, 0.25) is 0 Å². The lowest BCUT2D eigenvalue weighted by atomic mass is 10.0. The van der Waals surface area contributed by atoms with Gasteiger partial charge in [0.1, 0.15) is 0 Å². The quantitative estimate of drug-likeness (QED) is 0.711. The van der Waals surface area contributed by atoms with Crippen LogP contribution >= 0.6 is 12.4 Å². The molecule has 0 radical (unpaired) electrons. The lowest BCUT2D eigenvalue weighted by Crippen LogP contribution is -2.27. The van der Waals surface area contributed by atoms with Gasteiger partial charge in [-0.1, -0.05) is 18.2 Å². The number of aromatic carboxylic acids is 1. The molecule has 84 valence electrons. The SMILES string of the molecule is Cl.NC(CO)Cc1ccccc1C(=O)O. The third-order valence-electron chi connectivity index (χ3n) is 1.96. The van der Waals surface area contributed by atoms with Crippen molar-refractivity contribution in [2.24, 2.45) is 5.73 Å². The minimum atomic E-state index is -0.967. The molecule has 4 nitrogen and oxygen atoms in total. The van der Waals surface area contributed by atoms with E-state index in [2.05, 4.69) is 0 Å². The number of aliphatic hydroxyl groups is 1. The van der Waals surface area contributed by atoms with Crippen molar-refractivity contribution in [1.29, 1.82) is 0 Å². The van der Waals surface area contributed by atoms with Crippen LogP contribution in [0.4, 0.5) is 0 Å². The van der Waals surface area contributed by atoms with Crippen molar-refractivity contribution in [3.8, 4) is 0 Å². The summed E-state index contributed by atoms with van der Waals surface area (Å²) in [6.45, 7) is -0.145. The van der Waals surface area contributed by atoms with Crippen LogP contribution in [-0.2, 0) is 6.42 Å². The Balaban J connectivity index is 0.00000196. The summed E-state index contributed by atoms with van der Waals surface area (Å²) in [5.74, 6) is -0.967. The topological polar surface area (TPSA) is 83.5 Å². The fourth-order valence-electron chi connectivity index (χ4n) is 1.25. The number of nitrogens with two attached hydrogens (primary N) is 1. The zero-order valence-corrected chi connectivity index (χ0v) is 8.91. The lowest BCUT2D eigenvalue weighted by Gasteiger charge is -2.09. The summed E-state index contributed by atoms with van der Waals surface area (Å²) in [5, 5.41) is 17.6. The molecular weight excluding hydrogens is 218 g/mol. The van der Waals surface area contributed by atoms with Gasteiger partial charge in [-0.25, -0.2) is 4.79 Å². The molecule has 0 heterocycles. The average molecular weight is 232 g/mol. The molecule has 0 aliphatic heterocycles. The van der Waals surface area contributed by atoms with Gasteiger partial charge in [0, 0.05) is 6.04 Å². The van der Waals surface area contributed by atoms with Crippen LogP contribution in [0.25, 0.3) is 0 Å². The smallest absolute Gasteiger partial charge is 0.335 e. The maximum Gasteiger partial charge on any atom is 0.335 e. The van der Waals surface area contributed by atoms with Crippen LogP contribution in [0.1, 0.15) is 15.9 Å². The molecule has 0 aliphatic rings. The molecule has 1 aromatic carbocycles. The second-order valence-corrected chi connectivity index (χ2v) is 3.11. The summed E-state index contributed by atoms with van der Waals surface area (Å²) in [4.78, 5) is 10.8. The summed E-state index contributed by atoms with van der Waals surface area (Å²) >= 11 is 0. The van der Waals surface area contributed by atoms with Gasteiger partial charge >= 0.3 is 5.97 Å². The highest BCUT2D eigenvalue weighted by Gasteiger charge is 2.11. The van der Waals surface area contributed by atoms with Crippen molar-refractivity contribution in [2.75, 3.05) is 6.61 Å². The first-order valence-corrected chi connectivity index (χ1v) is 4.32. The Morgan fingerprint density at radius 3 is 2.53 bits per heavy atom. The minimum Gasteiger partial charge on any atom is -0.478 e. The Morgan fingerprint density at radius 1 is 1.40 bits per heavy atom. The monoisotopic (exact) mass is 231 g/mol. The molecule has 1 aromatic rings. The Kier molecular flexibility index (Phi) is 5.93. The standard InChI is InChI=1S/C10H13NO3.ClH/c11-8(6-12)5-7-3-1-2-4-9(7)10(13)14;/h1-4,8,12H,5-6,11H2,(H,13,14);1H. The van der Waals surface area contributed by atoms with Gasteiger partial charge in [-0.15, -0.1) is 12.4 Å². The van der Waals surface area contributed by atoms with Crippen molar-refractivity contribution in [3.05, 3.63) is 35.4 Å². The van der Waals surface area contributed by atoms with Gasteiger partial charge in [0.15, 0.2) is 0 Å². The van der Waals surface area contributed by atoms with E-state index in [0.717, 1.165) is 0 Å². The number of benzene rings is 1. The van der Waals surface area contributed by atoms with Crippen molar-refractivity contribution >= 4 is 18.4 Å². The van der Waals surface area contributed by atoms with Crippen molar-refractivity contribution < 1.29 is 15.0 Å². The van der Waals surface area contributed by atoms with Gasteiger partial charge in [-0.3, -0.25) is 0 Å². The van der Waals surface area contributed by atoms with Crippen LogP contribution < -0.4 is 5.73 Å². The van der Waals surface area contributed by atoms with Gasteiger partial charge < -0.3 is 15.9 Å². The van der Waals surface area contributed by atoms with E-state index in [0.29, 0.717) is 12.0 Å². The number of hydrogen-bond acceptors (Lipinski definition) is 3. The van der Waals surface area contributed by atoms with E-state index in [9.17, 15) is 4.79 Å². The molecule has 0 bridgehead atoms. The Bertz CT molecular complexity index is 330. The second kappa shape index (κ2) is 6.40. The maximum atomic E-state index is 10.8. The lowest BCUT2D eigenvalue weighted by molar-refractivity contribution is 0.0695. The van der Waals surface area contributed by atoms with Crippen LogP contribution in [0.15, 0.2) is 24.3 Å². The predicted octanol–water partition coefficient (Wildman–Crippen LogP) is 0.669. The molecular formula is C10H14ClNO3. The molecule has 0 amide bonds. The van der Waals surface area contributed by atoms with Crippen LogP contribution in [-0.4, -0.2) is 28.8 Å². The molecule has 0 fully saturated rings. The van der Waals surface area contributed by atoms with Gasteiger partial charge in [0.05, 0.1) is 12.2 Å². The number of carboxylic acids is 1. The summed E-state index contributed by atoms with van der Waals surface area (Å²) < 4.78 is 0. The van der Waals surface area contributed by atoms with Crippen LogP contribution in [0.2, 0.25) is 0 Å².